The zero-order valence-corrected chi connectivity index (χ0v) is 24.3. The molecule has 0 aliphatic rings. The monoisotopic (exact) mass is 561 g/mol. The number of nitrogens with zero attached hydrogens (tertiary/aromatic N) is 3. The maximum atomic E-state index is 13.2. The molecule has 0 bridgehead atoms. The minimum atomic E-state index is -0.617. The summed E-state index contributed by atoms with van der Waals surface area (Å²) < 4.78 is 5.30. The predicted octanol–water partition coefficient (Wildman–Crippen LogP) is 4.91. The van der Waals surface area contributed by atoms with E-state index >= 15 is 0 Å². The van der Waals surface area contributed by atoms with Crippen molar-refractivity contribution < 1.29 is 19.1 Å². The van der Waals surface area contributed by atoms with Gasteiger partial charge in [0.25, 0.3) is 5.91 Å². The number of pyridine rings is 1. The van der Waals surface area contributed by atoms with Crippen molar-refractivity contribution in [3.05, 3.63) is 66.1 Å². The number of hydrogen-bond acceptors (Lipinski definition) is 9. The van der Waals surface area contributed by atoms with Crippen molar-refractivity contribution in [2.75, 3.05) is 34.4 Å². The number of ether oxygens (including phenoxy) is 1. The Labute approximate surface area is 240 Å². The van der Waals surface area contributed by atoms with Gasteiger partial charge in [-0.25, -0.2) is 4.98 Å². The molecule has 0 spiro atoms. The molecule has 0 unspecified atom stereocenters. The van der Waals surface area contributed by atoms with Gasteiger partial charge in [-0.05, 0) is 69.5 Å². The predicted molar refractivity (Wildman–Crippen MR) is 160 cm³/mol. The van der Waals surface area contributed by atoms with E-state index in [0.717, 1.165) is 18.4 Å². The van der Waals surface area contributed by atoms with E-state index in [2.05, 4.69) is 36.2 Å². The van der Waals surface area contributed by atoms with Crippen LogP contribution in [0.3, 0.4) is 0 Å². The third-order valence-electron chi connectivity index (χ3n) is 5.75. The highest BCUT2D eigenvalue weighted by Crippen LogP contribution is 2.21. The first-order valence-electron chi connectivity index (χ1n) is 13.7. The molecule has 41 heavy (non-hydrogen) atoms. The van der Waals surface area contributed by atoms with Gasteiger partial charge in [0, 0.05) is 49.0 Å². The van der Waals surface area contributed by atoms with Crippen molar-refractivity contribution in [1.29, 1.82) is 0 Å². The average molecular weight is 562 g/mol. The van der Waals surface area contributed by atoms with E-state index in [1.807, 2.05) is 19.1 Å². The minimum absolute atomic E-state index is 0.0400. The van der Waals surface area contributed by atoms with Gasteiger partial charge in [0.2, 0.25) is 11.9 Å². The van der Waals surface area contributed by atoms with E-state index in [9.17, 15) is 14.4 Å². The van der Waals surface area contributed by atoms with Crippen molar-refractivity contribution in [2.45, 2.75) is 59.5 Å². The number of aromatic nitrogens is 3. The van der Waals surface area contributed by atoms with Crippen molar-refractivity contribution in [3.8, 4) is 0 Å². The number of anilines is 4. The fourth-order valence-corrected chi connectivity index (χ4v) is 3.74. The van der Waals surface area contributed by atoms with Crippen molar-refractivity contribution in [2.24, 2.45) is 5.92 Å². The maximum absolute atomic E-state index is 13.2. The van der Waals surface area contributed by atoms with E-state index < -0.39 is 23.4 Å². The summed E-state index contributed by atoms with van der Waals surface area (Å²) in [6, 6.07) is 10.7. The van der Waals surface area contributed by atoms with Crippen molar-refractivity contribution in [1.82, 2.24) is 15.0 Å². The molecule has 4 N–H and O–H groups in total. The molecule has 2 amide bonds. The van der Waals surface area contributed by atoms with Crippen LogP contribution in [0.25, 0.3) is 0 Å². The number of rotatable bonds is 13. The second kappa shape index (κ2) is 14.7. The molecule has 218 valence electrons. The lowest BCUT2D eigenvalue weighted by Gasteiger charge is -2.20. The van der Waals surface area contributed by atoms with Crippen LogP contribution in [0.4, 0.5) is 23.1 Å². The van der Waals surface area contributed by atoms with Gasteiger partial charge in [-0.3, -0.25) is 19.4 Å². The summed E-state index contributed by atoms with van der Waals surface area (Å²) in [5.41, 5.74) is 1.78. The van der Waals surface area contributed by atoms with Crippen LogP contribution in [0, 0.1) is 5.92 Å². The van der Waals surface area contributed by atoms with Crippen LogP contribution in [0.2, 0.25) is 0 Å². The molecule has 3 aromatic rings. The largest absolute Gasteiger partial charge is 0.460 e. The molecule has 11 heteroatoms. The second-order valence-electron chi connectivity index (χ2n) is 10.6. The van der Waals surface area contributed by atoms with Gasteiger partial charge in [0.05, 0.1) is 6.42 Å². The summed E-state index contributed by atoms with van der Waals surface area (Å²) >= 11 is 0. The Hall–Kier alpha value is -4.54. The first-order valence-corrected chi connectivity index (χ1v) is 13.7. The number of carbonyl (C=O) groups excluding carboxylic acids is 3. The quantitative estimate of drug-likeness (QED) is 0.214. The van der Waals surface area contributed by atoms with E-state index in [1.54, 1.807) is 64.4 Å². The Morgan fingerprint density at radius 2 is 1.68 bits per heavy atom. The molecule has 0 saturated heterocycles. The lowest BCUT2D eigenvalue weighted by Crippen LogP contribution is -2.28. The van der Waals surface area contributed by atoms with Crippen LogP contribution in [-0.2, 0) is 20.7 Å². The third kappa shape index (κ3) is 10.5. The number of benzene rings is 1. The molecule has 2 aromatic heterocycles. The van der Waals surface area contributed by atoms with Gasteiger partial charge >= 0.3 is 5.97 Å². The van der Waals surface area contributed by atoms with Crippen LogP contribution in [-0.4, -0.2) is 51.4 Å². The molecule has 3 rings (SSSR count). The number of hydrogen-bond donors (Lipinski definition) is 4. The lowest BCUT2D eigenvalue weighted by molar-refractivity contribution is -0.156. The fraction of sp³-hybridized carbons (Fsp3) is 0.400. The molecule has 11 nitrogen and oxygen atoms in total. The van der Waals surface area contributed by atoms with E-state index in [1.165, 1.54) is 6.20 Å². The van der Waals surface area contributed by atoms with Crippen LogP contribution >= 0.6 is 0 Å². The van der Waals surface area contributed by atoms with Crippen LogP contribution in [0.15, 0.2) is 55.0 Å². The van der Waals surface area contributed by atoms with Crippen LogP contribution in [0.5, 0.6) is 0 Å². The highest BCUT2D eigenvalue weighted by atomic mass is 16.6. The molecule has 0 aliphatic carbocycles. The Morgan fingerprint density at radius 3 is 2.37 bits per heavy atom. The van der Waals surface area contributed by atoms with Crippen LogP contribution < -0.4 is 21.3 Å². The van der Waals surface area contributed by atoms with E-state index in [0.29, 0.717) is 41.8 Å². The molecular weight excluding hydrogens is 522 g/mol. The Bertz CT molecular complexity index is 1330. The highest BCUT2D eigenvalue weighted by molar-refractivity contribution is 6.07. The number of nitrogens with one attached hydrogen (secondary N) is 4. The summed E-state index contributed by atoms with van der Waals surface area (Å²) in [5, 5.41) is 12.0. The van der Waals surface area contributed by atoms with E-state index in [4.69, 9.17) is 4.74 Å². The van der Waals surface area contributed by atoms with E-state index in [-0.39, 0.29) is 12.3 Å². The summed E-state index contributed by atoms with van der Waals surface area (Å²) in [7, 11) is 0. The highest BCUT2D eigenvalue weighted by Gasteiger charge is 2.22. The van der Waals surface area contributed by atoms with Gasteiger partial charge < -0.3 is 26.0 Å². The Morgan fingerprint density at radius 1 is 0.976 bits per heavy atom. The summed E-state index contributed by atoms with van der Waals surface area (Å²) in [5.74, 6) is -0.916. The summed E-state index contributed by atoms with van der Waals surface area (Å²) in [4.78, 5) is 50.8. The molecule has 1 aromatic carbocycles. The zero-order chi connectivity index (χ0) is 29.8. The third-order valence-corrected chi connectivity index (χ3v) is 5.75. The van der Waals surface area contributed by atoms with Gasteiger partial charge in [0.15, 0.2) is 0 Å². The van der Waals surface area contributed by atoms with Crippen molar-refractivity contribution >= 4 is 40.9 Å². The first kappa shape index (κ1) is 31.0. The number of carbonyl (C=O) groups is 3. The van der Waals surface area contributed by atoms with Gasteiger partial charge in [0.1, 0.15) is 17.0 Å². The first-order chi connectivity index (χ1) is 19.5. The topological polar surface area (TPSA) is 147 Å². The smallest absolute Gasteiger partial charge is 0.307 e. The van der Waals surface area contributed by atoms with Crippen molar-refractivity contribution in [3.63, 3.8) is 0 Å². The molecule has 2 heterocycles. The molecule has 0 fully saturated rings. The van der Waals surface area contributed by atoms with Crippen LogP contribution in [0.1, 0.15) is 63.4 Å². The minimum Gasteiger partial charge on any atom is -0.460 e. The van der Waals surface area contributed by atoms with Gasteiger partial charge in [-0.2, -0.15) is 4.98 Å². The standard InChI is InChI=1S/C30H39N7O4/c1-6-13-32-26-24(19-34-29(37-26)33-16-12-21-10-14-31-15-11-21)28(40)36-23-9-7-8-22(18-23)35-27(39)20(2)17-25(38)41-30(3,4)5/h7-11,14-15,18-20H,6,12-13,16-17H2,1-5H3,(H,35,39)(H,36,40)(H2,32,33,34,37)/t20-/m0/s1. The maximum Gasteiger partial charge on any atom is 0.307 e. The average Bonchev–Trinajstić information content (AvgIpc) is 2.91. The molecule has 1 atom stereocenters. The normalized spacial score (nSPS) is 11.7. The zero-order valence-electron chi connectivity index (χ0n) is 24.3. The number of amides is 2. The second-order valence-corrected chi connectivity index (χ2v) is 10.6. The fourth-order valence-electron chi connectivity index (χ4n) is 3.74. The van der Waals surface area contributed by atoms with Gasteiger partial charge in [-0.15, -0.1) is 0 Å². The number of esters is 1. The molecule has 0 radical (unpaired) electrons. The SMILES string of the molecule is CCCNc1nc(NCCc2ccncc2)ncc1C(=O)Nc1cccc(NC(=O)[C@@H](C)CC(=O)OC(C)(C)C)c1. The Kier molecular flexibility index (Phi) is 11.1. The Balaban J connectivity index is 1.63. The molecular formula is C30H39N7O4. The summed E-state index contributed by atoms with van der Waals surface area (Å²) in [6.45, 7) is 10.3. The van der Waals surface area contributed by atoms with Gasteiger partial charge in [-0.1, -0.05) is 19.9 Å². The lowest BCUT2D eigenvalue weighted by atomic mass is 10.1. The molecule has 0 saturated carbocycles. The summed E-state index contributed by atoms with van der Waals surface area (Å²) in [6.07, 6.45) is 6.58. The molecule has 0 aliphatic heterocycles.